The standard InChI is InChI=1S/C24H34BrN3O2S/c1-16(2)13-28-14-21(24(3,4)5)31-23(28)26-22(29)19-12-17(25)9-10-20(19)30-15-18-8-7-11-27(18)6/h9-10,12,14,16,18H,7-8,11,13,15H2,1-6H3/b26-23-/t18-/m0/s1. The van der Waals surface area contributed by atoms with Crippen molar-refractivity contribution in [1.82, 2.24) is 9.47 Å². The largest absolute Gasteiger partial charge is 0.491 e. The minimum absolute atomic E-state index is 0.0115. The number of halogens is 1. The molecule has 0 spiro atoms. The van der Waals surface area contributed by atoms with Gasteiger partial charge in [0.25, 0.3) is 5.91 Å². The zero-order valence-electron chi connectivity index (χ0n) is 19.4. The number of amides is 1. The summed E-state index contributed by atoms with van der Waals surface area (Å²) in [7, 11) is 2.13. The van der Waals surface area contributed by atoms with Gasteiger partial charge >= 0.3 is 0 Å². The fraction of sp³-hybridized carbons (Fsp3) is 0.583. The molecule has 0 saturated carbocycles. The molecule has 1 atom stereocenters. The van der Waals surface area contributed by atoms with Gasteiger partial charge < -0.3 is 14.2 Å². The maximum Gasteiger partial charge on any atom is 0.283 e. The summed E-state index contributed by atoms with van der Waals surface area (Å²) in [5.41, 5.74) is 0.509. The molecule has 3 rings (SSSR count). The summed E-state index contributed by atoms with van der Waals surface area (Å²) in [5, 5.41) is 0. The van der Waals surface area contributed by atoms with Gasteiger partial charge in [-0.05, 0) is 56.0 Å². The van der Waals surface area contributed by atoms with Gasteiger partial charge in [0, 0.05) is 28.1 Å². The van der Waals surface area contributed by atoms with Crippen molar-refractivity contribution < 1.29 is 9.53 Å². The van der Waals surface area contributed by atoms with Crippen molar-refractivity contribution in [3.8, 4) is 5.75 Å². The molecule has 1 saturated heterocycles. The van der Waals surface area contributed by atoms with Gasteiger partial charge in [-0.25, -0.2) is 0 Å². The summed E-state index contributed by atoms with van der Waals surface area (Å²) >= 11 is 5.09. The first-order chi connectivity index (χ1) is 14.5. The molecule has 0 aliphatic carbocycles. The van der Waals surface area contributed by atoms with Crippen molar-refractivity contribution in [2.75, 3.05) is 20.2 Å². The van der Waals surface area contributed by atoms with Crippen LogP contribution in [0.25, 0.3) is 0 Å². The monoisotopic (exact) mass is 507 g/mol. The number of benzene rings is 1. The van der Waals surface area contributed by atoms with E-state index in [1.807, 2.05) is 18.2 Å². The van der Waals surface area contributed by atoms with E-state index in [1.165, 1.54) is 11.3 Å². The molecule has 1 amide bonds. The van der Waals surface area contributed by atoms with Gasteiger partial charge in [-0.15, -0.1) is 11.3 Å². The summed E-state index contributed by atoms with van der Waals surface area (Å²) in [6.07, 6.45) is 4.46. The smallest absolute Gasteiger partial charge is 0.283 e. The summed E-state index contributed by atoms with van der Waals surface area (Å²) in [4.78, 5) is 22.1. The molecule has 0 radical (unpaired) electrons. The maximum atomic E-state index is 13.3. The van der Waals surface area contributed by atoms with Gasteiger partial charge in [-0.1, -0.05) is 50.5 Å². The van der Waals surface area contributed by atoms with Crippen LogP contribution in [0.1, 0.15) is 62.7 Å². The van der Waals surface area contributed by atoms with Crippen LogP contribution in [0.4, 0.5) is 0 Å². The van der Waals surface area contributed by atoms with Crippen LogP contribution in [-0.2, 0) is 12.0 Å². The van der Waals surface area contributed by atoms with Crippen LogP contribution in [0.3, 0.4) is 0 Å². The van der Waals surface area contributed by atoms with Crippen molar-refractivity contribution in [2.24, 2.45) is 10.9 Å². The Bertz CT molecular complexity index is 987. The average Bonchev–Trinajstić information content (AvgIpc) is 3.26. The molecule has 1 fully saturated rings. The molecule has 31 heavy (non-hydrogen) atoms. The normalized spacial score (nSPS) is 18.2. The molecule has 1 aliphatic heterocycles. The van der Waals surface area contributed by atoms with E-state index in [1.54, 1.807) is 11.3 Å². The average molecular weight is 509 g/mol. The van der Waals surface area contributed by atoms with E-state index >= 15 is 0 Å². The van der Waals surface area contributed by atoms with Crippen molar-refractivity contribution in [3.05, 3.63) is 44.1 Å². The quantitative estimate of drug-likeness (QED) is 0.519. The molecule has 170 valence electrons. The Kier molecular flexibility index (Phi) is 7.81. The van der Waals surface area contributed by atoms with Crippen molar-refractivity contribution >= 4 is 33.2 Å². The summed E-state index contributed by atoms with van der Waals surface area (Å²) in [6.45, 7) is 13.4. The van der Waals surface area contributed by atoms with Crippen LogP contribution >= 0.6 is 27.3 Å². The number of hydrogen-bond donors (Lipinski definition) is 0. The number of likely N-dealkylation sites (N-methyl/N-ethyl adjacent to an activating group) is 1. The van der Waals surface area contributed by atoms with E-state index in [-0.39, 0.29) is 11.3 Å². The first-order valence-corrected chi connectivity index (χ1v) is 12.6. The predicted molar refractivity (Wildman–Crippen MR) is 131 cm³/mol. The highest BCUT2D eigenvalue weighted by Crippen LogP contribution is 2.27. The number of likely N-dealkylation sites (tertiary alicyclic amines) is 1. The van der Waals surface area contributed by atoms with Crippen LogP contribution in [0.5, 0.6) is 5.75 Å². The van der Waals surface area contributed by atoms with Gasteiger partial charge in [0.05, 0.1) is 5.56 Å². The zero-order valence-corrected chi connectivity index (χ0v) is 21.8. The summed E-state index contributed by atoms with van der Waals surface area (Å²) in [5.74, 6) is 0.792. The van der Waals surface area contributed by atoms with Gasteiger partial charge in [-0.2, -0.15) is 4.99 Å². The lowest BCUT2D eigenvalue weighted by molar-refractivity contribution is 0.0991. The number of ether oxygens (including phenoxy) is 1. The zero-order chi connectivity index (χ0) is 22.8. The van der Waals surface area contributed by atoms with Gasteiger partial charge in [0.1, 0.15) is 12.4 Å². The number of carbonyl (C=O) groups is 1. The molecule has 2 aromatic rings. The topological polar surface area (TPSA) is 46.8 Å². The SMILES string of the molecule is CC(C)Cn1cc(C(C)(C)C)s/c1=N\C(=O)c1cc(Br)ccc1OC[C@@H]1CCCN1C. The number of aromatic nitrogens is 1. The lowest BCUT2D eigenvalue weighted by atomic mass is 9.95. The minimum atomic E-state index is -0.268. The molecule has 1 aromatic carbocycles. The van der Waals surface area contributed by atoms with Crippen LogP contribution in [-0.4, -0.2) is 41.6 Å². The van der Waals surface area contributed by atoms with Crippen molar-refractivity contribution in [2.45, 2.75) is 65.5 Å². The Balaban J connectivity index is 1.93. The number of carbonyl (C=O) groups excluding carboxylic acids is 1. The van der Waals surface area contributed by atoms with E-state index < -0.39 is 0 Å². The fourth-order valence-corrected chi connectivity index (χ4v) is 5.07. The molecule has 0 bridgehead atoms. The highest BCUT2D eigenvalue weighted by Gasteiger charge is 2.23. The van der Waals surface area contributed by atoms with Crippen LogP contribution in [0.15, 0.2) is 33.9 Å². The van der Waals surface area contributed by atoms with Gasteiger partial charge in [0.15, 0.2) is 4.80 Å². The van der Waals surface area contributed by atoms with Crippen LogP contribution < -0.4 is 9.54 Å². The van der Waals surface area contributed by atoms with E-state index in [9.17, 15) is 4.79 Å². The Hall–Kier alpha value is -1.44. The Labute approximate surface area is 198 Å². The molecule has 7 heteroatoms. The first-order valence-electron chi connectivity index (χ1n) is 11.0. The second-order valence-electron chi connectivity index (χ2n) is 9.82. The molecule has 0 unspecified atom stereocenters. The third kappa shape index (κ3) is 6.30. The molecule has 2 heterocycles. The molecular weight excluding hydrogens is 474 g/mol. The third-order valence-electron chi connectivity index (χ3n) is 5.49. The molecule has 1 aromatic heterocycles. The molecule has 0 N–H and O–H groups in total. The number of nitrogens with zero attached hydrogens (tertiary/aromatic N) is 3. The Morgan fingerprint density at radius 3 is 2.71 bits per heavy atom. The van der Waals surface area contributed by atoms with Gasteiger partial charge in [0.2, 0.25) is 0 Å². The molecule has 5 nitrogen and oxygen atoms in total. The van der Waals surface area contributed by atoms with E-state index in [0.717, 1.165) is 28.8 Å². The highest BCUT2D eigenvalue weighted by molar-refractivity contribution is 9.10. The van der Waals surface area contributed by atoms with Crippen LogP contribution in [0.2, 0.25) is 0 Å². The highest BCUT2D eigenvalue weighted by atomic mass is 79.9. The second-order valence-corrected chi connectivity index (χ2v) is 11.7. The first kappa shape index (κ1) is 24.2. The molecule has 1 aliphatic rings. The number of thiazole rings is 1. The van der Waals surface area contributed by atoms with Crippen molar-refractivity contribution in [1.29, 1.82) is 0 Å². The fourth-order valence-electron chi connectivity index (χ4n) is 3.66. The Morgan fingerprint density at radius 1 is 1.35 bits per heavy atom. The van der Waals surface area contributed by atoms with Crippen molar-refractivity contribution in [3.63, 3.8) is 0 Å². The summed E-state index contributed by atoms with van der Waals surface area (Å²) in [6, 6.07) is 5.97. The number of rotatable bonds is 6. The predicted octanol–water partition coefficient (Wildman–Crippen LogP) is 5.48. The number of hydrogen-bond acceptors (Lipinski definition) is 4. The van der Waals surface area contributed by atoms with E-state index in [0.29, 0.717) is 29.9 Å². The second kappa shape index (κ2) is 10.0. The molecular formula is C24H34BrN3O2S. The minimum Gasteiger partial charge on any atom is -0.491 e. The Morgan fingerprint density at radius 2 is 2.10 bits per heavy atom. The van der Waals surface area contributed by atoms with E-state index in [2.05, 4.69) is 78.3 Å². The van der Waals surface area contributed by atoms with E-state index in [4.69, 9.17) is 4.74 Å². The lowest BCUT2D eigenvalue weighted by Gasteiger charge is -2.20. The lowest BCUT2D eigenvalue weighted by Crippen LogP contribution is -2.30. The summed E-state index contributed by atoms with van der Waals surface area (Å²) < 4.78 is 9.06. The van der Waals surface area contributed by atoms with Gasteiger partial charge in [-0.3, -0.25) is 4.79 Å². The van der Waals surface area contributed by atoms with Crippen LogP contribution in [0, 0.1) is 5.92 Å². The third-order valence-corrected chi connectivity index (χ3v) is 7.43. The maximum absolute atomic E-state index is 13.3.